The summed E-state index contributed by atoms with van der Waals surface area (Å²) in [5.41, 5.74) is 3.75. The zero-order valence-corrected chi connectivity index (χ0v) is 10.9. The van der Waals surface area contributed by atoms with Crippen molar-refractivity contribution in [3.8, 4) is 5.75 Å². The minimum absolute atomic E-state index is 0.310. The highest BCUT2D eigenvalue weighted by Gasteiger charge is 2.04. The molecule has 0 radical (unpaired) electrons. The summed E-state index contributed by atoms with van der Waals surface area (Å²) in [6.07, 6.45) is 0. The summed E-state index contributed by atoms with van der Waals surface area (Å²) < 4.78 is 0. The van der Waals surface area contributed by atoms with E-state index in [0.29, 0.717) is 11.8 Å². The highest BCUT2D eigenvalue weighted by molar-refractivity contribution is 5.27. The number of hydrogen-bond acceptors (Lipinski definition) is 2. The fourth-order valence-electron chi connectivity index (χ4n) is 1.86. The predicted octanol–water partition coefficient (Wildman–Crippen LogP) is 3.55. The Kier molecular flexibility index (Phi) is 4.00. The number of phenolic OH excluding ortho intramolecular Hbond substituents is 1. The molecule has 2 heteroatoms. The molecule has 0 saturated carbocycles. The van der Waals surface area contributed by atoms with Crippen LogP contribution in [0.5, 0.6) is 5.75 Å². The summed E-state index contributed by atoms with van der Waals surface area (Å²) in [5, 5.41) is 12.7. The highest BCUT2D eigenvalue weighted by atomic mass is 16.3. The molecule has 2 N–H and O–H groups in total. The third-order valence-electron chi connectivity index (χ3n) is 3.13. The summed E-state index contributed by atoms with van der Waals surface area (Å²) in [7, 11) is 0. The Balaban J connectivity index is 1.93. The number of phenols is 1. The number of rotatable bonds is 4. The molecule has 18 heavy (non-hydrogen) atoms. The summed E-state index contributed by atoms with van der Waals surface area (Å²) in [5.74, 6) is 0.310. The van der Waals surface area contributed by atoms with Crippen LogP contribution in [0.4, 0.5) is 0 Å². The Hall–Kier alpha value is -1.80. The lowest BCUT2D eigenvalue weighted by Crippen LogP contribution is -2.17. The van der Waals surface area contributed by atoms with Crippen LogP contribution in [-0.2, 0) is 6.54 Å². The predicted molar refractivity (Wildman–Crippen MR) is 74.5 cm³/mol. The van der Waals surface area contributed by atoms with Gasteiger partial charge in [0, 0.05) is 12.6 Å². The molecule has 0 fully saturated rings. The van der Waals surface area contributed by atoms with Crippen LogP contribution in [0.3, 0.4) is 0 Å². The second-order valence-electron chi connectivity index (χ2n) is 4.68. The molecule has 0 aliphatic heterocycles. The van der Waals surface area contributed by atoms with E-state index >= 15 is 0 Å². The van der Waals surface area contributed by atoms with Gasteiger partial charge in [-0.3, -0.25) is 0 Å². The van der Waals surface area contributed by atoms with Crippen molar-refractivity contribution in [2.75, 3.05) is 0 Å². The van der Waals surface area contributed by atoms with E-state index in [1.165, 1.54) is 16.7 Å². The van der Waals surface area contributed by atoms with Gasteiger partial charge in [-0.15, -0.1) is 0 Å². The van der Waals surface area contributed by atoms with E-state index in [-0.39, 0.29) is 0 Å². The van der Waals surface area contributed by atoms with Crippen LogP contribution < -0.4 is 5.32 Å². The van der Waals surface area contributed by atoms with Gasteiger partial charge in [0.25, 0.3) is 0 Å². The third kappa shape index (κ3) is 3.34. The number of aromatic hydroxyl groups is 1. The van der Waals surface area contributed by atoms with Crippen LogP contribution in [0.25, 0.3) is 0 Å². The number of nitrogens with one attached hydrogen (secondary N) is 1. The van der Waals surface area contributed by atoms with Gasteiger partial charge in [0.2, 0.25) is 0 Å². The van der Waals surface area contributed by atoms with Gasteiger partial charge >= 0.3 is 0 Å². The lowest BCUT2D eigenvalue weighted by atomic mass is 10.1. The minimum Gasteiger partial charge on any atom is -0.508 e. The van der Waals surface area contributed by atoms with Gasteiger partial charge in [-0.05, 0) is 37.1 Å². The van der Waals surface area contributed by atoms with E-state index in [4.69, 9.17) is 0 Å². The van der Waals surface area contributed by atoms with Gasteiger partial charge in [-0.2, -0.15) is 0 Å². The molecular weight excluding hydrogens is 222 g/mol. The third-order valence-corrected chi connectivity index (χ3v) is 3.13. The first-order chi connectivity index (χ1) is 8.65. The molecule has 0 aliphatic carbocycles. The molecule has 2 nitrogen and oxygen atoms in total. The summed E-state index contributed by atoms with van der Waals surface area (Å²) in [6, 6.07) is 16.2. The maximum absolute atomic E-state index is 9.22. The fourth-order valence-corrected chi connectivity index (χ4v) is 1.86. The van der Waals surface area contributed by atoms with Gasteiger partial charge in [-0.1, -0.05) is 42.0 Å². The molecule has 0 bridgehead atoms. The first-order valence-electron chi connectivity index (χ1n) is 6.23. The van der Waals surface area contributed by atoms with Crippen molar-refractivity contribution in [2.45, 2.75) is 26.4 Å². The number of benzene rings is 2. The molecule has 94 valence electrons. The Morgan fingerprint density at radius 3 is 2.22 bits per heavy atom. The lowest BCUT2D eigenvalue weighted by molar-refractivity contribution is 0.474. The van der Waals surface area contributed by atoms with Crippen molar-refractivity contribution in [3.05, 3.63) is 65.2 Å². The zero-order chi connectivity index (χ0) is 13.0. The van der Waals surface area contributed by atoms with Gasteiger partial charge < -0.3 is 10.4 Å². The molecule has 0 amide bonds. The molecule has 2 aromatic rings. The second kappa shape index (κ2) is 5.69. The van der Waals surface area contributed by atoms with Crippen molar-refractivity contribution < 1.29 is 5.11 Å². The molecule has 2 rings (SSSR count). The van der Waals surface area contributed by atoms with E-state index in [1.807, 2.05) is 12.1 Å². The maximum atomic E-state index is 9.22. The van der Waals surface area contributed by atoms with Crippen LogP contribution in [-0.4, -0.2) is 5.11 Å². The Morgan fingerprint density at radius 1 is 1.00 bits per heavy atom. The van der Waals surface area contributed by atoms with E-state index in [2.05, 4.69) is 43.4 Å². The molecule has 1 unspecified atom stereocenters. The average molecular weight is 241 g/mol. The molecule has 1 atom stereocenters. The summed E-state index contributed by atoms with van der Waals surface area (Å²) in [6.45, 7) is 5.05. The van der Waals surface area contributed by atoms with Crippen LogP contribution in [0, 0.1) is 6.92 Å². The van der Waals surface area contributed by atoms with E-state index in [1.54, 1.807) is 12.1 Å². The largest absolute Gasteiger partial charge is 0.508 e. The van der Waals surface area contributed by atoms with Crippen LogP contribution >= 0.6 is 0 Å². The zero-order valence-electron chi connectivity index (χ0n) is 10.9. The van der Waals surface area contributed by atoms with Gasteiger partial charge in [0.15, 0.2) is 0 Å². The second-order valence-corrected chi connectivity index (χ2v) is 4.68. The van der Waals surface area contributed by atoms with Crippen molar-refractivity contribution in [1.29, 1.82) is 0 Å². The van der Waals surface area contributed by atoms with E-state index in [0.717, 1.165) is 6.54 Å². The first kappa shape index (κ1) is 12.7. The Bertz CT molecular complexity index is 488. The number of aryl methyl sites for hydroxylation is 1. The van der Waals surface area contributed by atoms with E-state index in [9.17, 15) is 5.11 Å². The summed E-state index contributed by atoms with van der Waals surface area (Å²) >= 11 is 0. The Morgan fingerprint density at radius 2 is 1.61 bits per heavy atom. The quantitative estimate of drug-likeness (QED) is 0.858. The van der Waals surface area contributed by atoms with Gasteiger partial charge in [0.1, 0.15) is 5.75 Å². The van der Waals surface area contributed by atoms with Gasteiger partial charge in [-0.25, -0.2) is 0 Å². The highest BCUT2D eigenvalue weighted by Crippen LogP contribution is 2.15. The standard InChI is InChI=1S/C16H19NO/c1-12-3-7-15(8-4-12)13(2)17-11-14-5-9-16(18)10-6-14/h3-10,13,17-18H,11H2,1-2H3. The molecule has 0 saturated heterocycles. The number of hydrogen-bond donors (Lipinski definition) is 2. The normalized spacial score (nSPS) is 12.3. The fraction of sp³-hybridized carbons (Fsp3) is 0.250. The van der Waals surface area contributed by atoms with Crippen LogP contribution in [0.2, 0.25) is 0 Å². The summed E-state index contributed by atoms with van der Waals surface area (Å²) in [4.78, 5) is 0. The molecule has 0 aliphatic rings. The minimum atomic E-state index is 0.310. The van der Waals surface area contributed by atoms with Gasteiger partial charge in [0.05, 0.1) is 0 Å². The molecule has 0 heterocycles. The molecular formula is C16H19NO. The topological polar surface area (TPSA) is 32.3 Å². The van der Waals surface area contributed by atoms with Crippen molar-refractivity contribution >= 4 is 0 Å². The van der Waals surface area contributed by atoms with Crippen LogP contribution in [0.15, 0.2) is 48.5 Å². The lowest BCUT2D eigenvalue weighted by Gasteiger charge is -2.14. The molecule has 0 aromatic heterocycles. The molecule has 2 aromatic carbocycles. The molecule has 0 spiro atoms. The average Bonchev–Trinajstić information content (AvgIpc) is 2.38. The van der Waals surface area contributed by atoms with Crippen molar-refractivity contribution in [1.82, 2.24) is 5.32 Å². The SMILES string of the molecule is Cc1ccc(C(C)NCc2ccc(O)cc2)cc1. The van der Waals surface area contributed by atoms with Crippen molar-refractivity contribution in [3.63, 3.8) is 0 Å². The smallest absolute Gasteiger partial charge is 0.115 e. The first-order valence-corrected chi connectivity index (χ1v) is 6.23. The van der Waals surface area contributed by atoms with Crippen molar-refractivity contribution in [2.24, 2.45) is 0 Å². The Labute approximate surface area is 108 Å². The maximum Gasteiger partial charge on any atom is 0.115 e. The van der Waals surface area contributed by atoms with Crippen LogP contribution in [0.1, 0.15) is 29.7 Å². The monoisotopic (exact) mass is 241 g/mol. The van der Waals surface area contributed by atoms with E-state index < -0.39 is 0 Å².